The van der Waals surface area contributed by atoms with Crippen LogP contribution in [0.2, 0.25) is 0 Å². The molecule has 1 heterocycles. The lowest BCUT2D eigenvalue weighted by Gasteiger charge is -2.10. The molecule has 13 heavy (non-hydrogen) atoms. The van der Waals surface area contributed by atoms with Crippen molar-refractivity contribution in [3.63, 3.8) is 0 Å². The van der Waals surface area contributed by atoms with Crippen LogP contribution >= 0.6 is 12.4 Å². The van der Waals surface area contributed by atoms with Crippen LogP contribution in [0, 0.1) is 5.92 Å². The molecule has 2 rings (SSSR count). The largest absolute Gasteiger partial charge is 0.507 e. The molecule has 0 aromatic rings. The van der Waals surface area contributed by atoms with Gasteiger partial charge in [-0.2, -0.15) is 0 Å². The standard InChI is InChI=1S/C8H13NO3.ClH/c10-8(11)12-7-4-5-2-1-3-6(5)9-7;/h5-7,9H,1-4H2,(H,10,11);1H/t5?,6-,7?;/m1./s1. The van der Waals surface area contributed by atoms with Crippen molar-refractivity contribution in [2.75, 3.05) is 0 Å². The number of rotatable bonds is 1. The second-order valence-corrected chi connectivity index (χ2v) is 3.57. The first-order chi connectivity index (χ1) is 5.75. The average molecular weight is 208 g/mol. The summed E-state index contributed by atoms with van der Waals surface area (Å²) >= 11 is 0. The highest BCUT2D eigenvalue weighted by atomic mass is 35.5. The van der Waals surface area contributed by atoms with Gasteiger partial charge >= 0.3 is 6.16 Å². The van der Waals surface area contributed by atoms with Gasteiger partial charge in [0.1, 0.15) is 0 Å². The van der Waals surface area contributed by atoms with Gasteiger partial charge in [0.25, 0.3) is 0 Å². The molecule has 1 saturated carbocycles. The number of halogens is 1. The summed E-state index contributed by atoms with van der Waals surface area (Å²) in [6.45, 7) is 0. The van der Waals surface area contributed by atoms with Crippen LogP contribution in [0.5, 0.6) is 0 Å². The molecular weight excluding hydrogens is 194 g/mol. The molecule has 1 aliphatic heterocycles. The van der Waals surface area contributed by atoms with Gasteiger partial charge in [-0.3, -0.25) is 5.32 Å². The van der Waals surface area contributed by atoms with Crippen molar-refractivity contribution in [3.8, 4) is 0 Å². The van der Waals surface area contributed by atoms with Crippen LogP contribution in [0.3, 0.4) is 0 Å². The monoisotopic (exact) mass is 207 g/mol. The Labute approximate surface area is 83.1 Å². The van der Waals surface area contributed by atoms with Crippen LogP contribution in [-0.4, -0.2) is 23.5 Å². The zero-order chi connectivity index (χ0) is 8.55. The lowest BCUT2D eigenvalue weighted by atomic mass is 10.0. The highest BCUT2D eigenvalue weighted by Gasteiger charge is 2.38. The highest BCUT2D eigenvalue weighted by molar-refractivity contribution is 5.85. The number of ether oxygens (including phenoxy) is 1. The van der Waals surface area contributed by atoms with Crippen LogP contribution in [0.1, 0.15) is 25.7 Å². The van der Waals surface area contributed by atoms with Gasteiger partial charge in [0.15, 0.2) is 6.23 Å². The Hall–Kier alpha value is -0.480. The summed E-state index contributed by atoms with van der Waals surface area (Å²) in [6, 6.07) is 0.509. The van der Waals surface area contributed by atoms with Gasteiger partial charge in [-0.15, -0.1) is 12.4 Å². The van der Waals surface area contributed by atoms with Gasteiger partial charge in [-0.05, 0) is 18.8 Å². The van der Waals surface area contributed by atoms with E-state index in [1.165, 1.54) is 19.3 Å². The van der Waals surface area contributed by atoms with Gasteiger partial charge < -0.3 is 9.84 Å². The predicted molar refractivity (Wildman–Crippen MR) is 49.0 cm³/mol. The van der Waals surface area contributed by atoms with Crippen LogP contribution in [0.25, 0.3) is 0 Å². The van der Waals surface area contributed by atoms with Crippen molar-refractivity contribution in [2.45, 2.75) is 38.0 Å². The summed E-state index contributed by atoms with van der Waals surface area (Å²) in [5.74, 6) is 0.648. The van der Waals surface area contributed by atoms with E-state index in [-0.39, 0.29) is 18.6 Å². The normalized spacial score (nSPS) is 36.5. The third-order valence-corrected chi connectivity index (χ3v) is 2.82. The zero-order valence-corrected chi connectivity index (χ0v) is 8.05. The van der Waals surface area contributed by atoms with Crippen LogP contribution < -0.4 is 5.32 Å². The Bertz CT molecular complexity index is 188. The fourth-order valence-corrected chi connectivity index (χ4v) is 2.32. The zero-order valence-electron chi connectivity index (χ0n) is 7.23. The SMILES string of the molecule is Cl.O=C(O)OC1CC2CCC[C@H]2N1. The minimum Gasteiger partial charge on any atom is -0.450 e. The first kappa shape index (κ1) is 10.6. The van der Waals surface area contributed by atoms with E-state index >= 15 is 0 Å². The molecule has 0 amide bonds. The number of carbonyl (C=O) groups is 1. The summed E-state index contributed by atoms with van der Waals surface area (Å²) in [5.41, 5.74) is 0. The van der Waals surface area contributed by atoms with Crippen molar-refractivity contribution in [2.24, 2.45) is 5.92 Å². The molecule has 76 valence electrons. The first-order valence-corrected chi connectivity index (χ1v) is 4.41. The van der Waals surface area contributed by atoms with Crippen molar-refractivity contribution in [3.05, 3.63) is 0 Å². The Kier molecular flexibility index (Phi) is 3.39. The first-order valence-electron chi connectivity index (χ1n) is 4.41. The van der Waals surface area contributed by atoms with Crippen molar-refractivity contribution >= 4 is 18.6 Å². The predicted octanol–water partition coefficient (Wildman–Crippen LogP) is 1.59. The molecule has 3 atom stereocenters. The smallest absolute Gasteiger partial charge is 0.450 e. The molecule has 2 aliphatic rings. The van der Waals surface area contributed by atoms with Crippen molar-refractivity contribution < 1.29 is 14.6 Å². The van der Waals surface area contributed by atoms with E-state index in [0.29, 0.717) is 12.0 Å². The topological polar surface area (TPSA) is 58.6 Å². The number of carboxylic acid groups (broad SMARTS) is 1. The van der Waals surface area contributed by atoms with Crippen molar-refractivity contribution in [1.29, 1.82) is 0 Å². The van der Waals surface area contributed by atoms with E-state index in [9.17, 15) is 4.79 Å². The fraction of sp³-hybridized carbons (Fsp3) is 0.875. The molecular formula is C8H14ClNO3. The number of hydrogen-bond acceptors (Lipinski definition) is 3. The summed E-state index contributed by atoms with van der Waals surface area (Å²) in [4.78, 5) is 10.2. The van der Waals surface area contributed by atoms with Crippen molar-refractivity contribution in [1.82, 2.24) is 5.32 Å². The number of fused-ring (bicyclic) bond motifs is 1. The average Bonchev–Trinajstić information content (AvgIpc) is 2.43. The second-order valence-electron chi connectivity index (χ2n) is 3.57. The third kappa shape index (κ3) is 2.25. The van der Waals surface area contributed by atoms with E-state index in [1.807, 2.05) is 0 Å². The summed E-state index contributed by atoms with van der Waals surface area (Å²) in [7, 11) is 0. The molecule has 0 aromatic heterocycles. The lowest BCUT2D eigenvalue weighted by molar-refractivity contribution is 0.0420. The Morgan fingerprint density at radius 2 is 2.23 bits per heavy atom. The molecule has 4 nitrogen and oxygen atoms in total. The van der Waals surface area contributed by atoms with Gasteiger partial charge in [0, 0.05) is 12.5 Å². The molecule has 1 saturated heterocycles. The van der Waals surface area contributed by atoms with E-state index in [4.69, 9.17) is 5.11 Å². The lowest BCUT2D eigenvalue weighted by Crippen LogP contribution is -2.32. The Morgan fingerprint density at radius 3 is 2.85 bits per heavy atom. The molecule has 2 N–H and O–H groups in total. The molecule has 0 bridgehead atoms. The maximum absolute atomic E-state index is 10.2. The summed E-state index contributed by atoms with van der Waals surface area (Å²) in [6.07, 6.45) is 3.09. The minimum atomic E-state index is -1.17. The Morgan fingerprint density at radius 1 is 1.46 bits per heavy atom. The number of hydrogen-bond donors (Lipinski definition) is 2. The maximum atomic E-state index is 10.2. The third-order valence-electron chi connectivity index (χ3n) is 2.82. The van der Waals surface area contributed by atoms with Gasteiger partial charge in [-0.1, -0.05) is 6.42 Å². The minimum absolute atomic E-state index is 0. The van der Waals surface area contributed by atoms with Crippen LogP contribution in [0.4, 0.5) is 4.79 Å². The molecule has 2 unspecified atom stereocenters. The summed E-state index contributed by atoms with van der Waals surface area (Å²) in [5, 5.41) is 11.6. The fourth-order valence-electron chi connectivity index (χ4n) is 2.32. The summed E-state index contributed by atoms with van der Waals surface area (Å²) < 4.78 is 4.65. The van der Waals surface area contributed by atoms with Crippen LogP contribution in [0.15, 0.2) is 0 Å². The molecule has 0 aromatic carbocycles. The molecule has 0 spiro atoms. The van der Waals surface area contributed by atoms with E-state index in [1.54, 1.807) is 0 Å². The van der Waals surface area contributed by atoms with Gasteiger partial charge in [-0.25, -0.2) is 4.79 Å². The number of nitrogens with one attached hydrogen (secondary N) is 1. The van der Waals surface area contributed by atoms with Crippen LogP contribution in [-0.2, 0) is 4.74 Å². The van der Waals surface area contributed by atoms with E-state index in [2.05, 4.69) is 10.1 Å². The molecule has 2 fully saturated rings. The second kappa shape index (κ2) is 4.15. The van der Waals surface area contributed by atoms with E-state index in [0.717, 1.165) is 6.42 Å². The molecule has 0 radical (unpaired) electrons. The quantitative estimate of drug-likeness (QED) is 0.642. The highest BCUT2D eigenvalue weighted by Crippen LogP contribution is 2.34. The molecule has 5 heteroatoms. The van der Waals surface area contributed by atoms with E-state index < -0.39 is 6.16 Å². The molecule has 1 aliphatic carbocycles. The maximum Gasteiger partial charge on any atom is 0.507 e. The van der Waals surface area contributed by atoms with Gasteiger partial charge in [0.2, 0.25) is 0 Å². The Balaban J connectivity index is 0.000000845. The van der Waals surface area contributed by atoms with Gasteiger partial charge in [0.05, 0.1) is 0 Å².